The minimum atomic E-state index is -3.65. The number of hydrogen-bond acceptors (Lipinski definition) is 3. The van der Waals surface area contributed by atoms with Crippen LogP contribution in [0.4, 0.5) is 11.4 Å². The summed E-state index contributed by atoms with van der Waals surface area (Å²) in [4.78, 5) is 13.1. The second-order valence-electron chi connectivity index (χ2n) is 11.3. The van der Waals surface area contributed by atoms with Crippen molar-refractivity contribution < 1.29 is 13.2 Å². The number of amides is 1. The average molecular weight is 481 g/mol. The van der Waals surface area contributed by atoms with Gasteiger partial charge in [0.2, 0.25) is 15.9 Å². The van der Waals surface area contributed by atoms with E-state index in [1.54, 1.807) is 19.1 Å². The molecule has 4 fully saturated rings. The predicted octanol–water partition coefficient (Wildman–Crippen LogP) is 5.56. The Morgan fingerprint density at radius 2 is 1.44 bits per heavy atom. The van der Waals surface area contributed by atoms with Gasteiger partial charge in [-0.3, -0.25) is 9.10 Å². The van der Waals surface area contributed by atoms with E-state index >= 15 is 0 Å². The zero-order valence-corrected chi connectivity index (χ0v) is 21.5. The van der Waals surface area contributed by atoms with E-state index in [0.29, 0.717) is 16.8 Å². The van der Waals surface area contributed by atoms with Crippen LogP contribution in [0.25, 0.3) is 0 Å². The third-order valence-electron chi connectivity index (χ3n) is 8.35. The van der Waals surface area contributed by atoms with E-state index in [4.69, 9.17) is 0 Å². The molecule has 1 amide bonds. The summed E-state index contributed by atoms with van der Waals surface area (Å²) < 4.78 is 26.5. The highest BCUT2D eigenvalue weighted by atomic mass is 32.2. The molecule has 0 unspecified atom stereocenters. The van der Waals surface area contributed by atoms with Gasteiger partial charge in [0.1, 0.15) is 6.04 Å². The Bertz CT molecular complexity index is 1150. The maximum atomic E-state index is 13.1. The highest BCUT2D eigenvalue weighted by Crippen LogP contribution is 2.60. The van der Waals surface area contributed by atoms with Crippen LogP contribution in [0.2, 0.25) is 0 Å². The summed E-state index contributed by atoms with van der Waals surface area (Å²) in [5.41, 5.74) is 4.86. The molecule has 182 valence electrons. The fraction of sp³-hybridized carbons (Fsp3) is 0.536. The van der Waals surface area contributed by atoms with Crippen LogP contribution < -0.4 is 9.62 Å². The van der Waals surface area contributed by atoms with Crippen molar-refractivity contribution in [2.75, 3.05) is 15.9 Å². The summed E-state index contributed by atoms with van der Waals surface area (Å²) in [6, 6.07) is 13.1. The predicted molar refractivity (Wildman–Crippen MR) is 138 cm³/mol. The maximum absolute atomic E-state index is 13.1. The number of hydrogen-bond donors (Lipinski definition) is 1. The molecule has 6 rings (SSSR count). The van der Waals surface area contributed by atoms with Gasteiger partial charge in [-0.1, -0.05) is 18.2 Å². The Morgan fingerprint density at radius 3 is 1.91 bits per heavy atom. The summed E-state index contributed by atoms with van der Waals surface area (Å²) in [7, 11) is -3.65. The lowest BCUT2D eigenvalue weighted by Gasteiger charge is -2.57. The van der Waals surface area contributed by atoms with Crippen LogP contribution in [0.5, 0.6) is 0 Å². The van der Waals surface area contributed by atoms with Crippen LogP contribution >= 0.6 is 0 Å². The summed E-state index contributed by atoms with van der Waals surface area (Å²) in [5.74, 6) is 2.32. The minimum Gasteiger partial charge on any atom is -0.324 e. The molecule has 4 aliphatic carbocycles. The van der Waals surface area contributed by atoms with Gasteiger partial charge in [0.25, 0.3) is 0 Å². The number of nitrogens with zero attached hydrogens (tertiary/aromatic N) is 1. The molecule has 0 saturated heterocycles. The van der Waals surface area contributed by atoms with Crippen molar-refractivity contribution in [1.29, 1.82) is 0 Å². The molecule has 0 aliphatic heterocycles. The van der Waals surface area contributed by atoms with Crippen LogP contribution in [0.15, 0.2) is 42.5 Å². The van der Waals surface area contributed by atoms with Crippen molar-refractivity contribution >= 4 is 27.3 Å². The molecule has 0 aromatic heterocycles. The third-order valence-corrected chi connectivity index (χ3v) is 9.59. The first-order chi connectivity index (χ1) is 16.0. The second-order valence-corrected chi connectivity index (χ2v) is 13.2. The molecule has 4 aliphatic rings. The summed E-state index contributed by atoms with van der Waals surface area (Å²) in [6.07, 6.45) is 9.32. The molecular formula is C28H36N2O3S. The number of carbonyl (C=O) groups excluding carboxylic acids is 1. The molecule has 0 spiro atoms. The van der Waals surface area contributed by atoms with Gasteiger partial charge in [-0.25, -0.2) is 8.42 Å². The van der Waals surface area contributed by atoms with Gasteiger partial charge in [-0.05, 0) is 123 Å². The van der Waals surface area contributed by atoms with Crippen LogP contribution in [-0.2, 0) is 20.2 Å². The zero-order valence-electron chi connectivity index (χ0n) is 20.7. The van der Waals surface area contributed by atoms with Gasteiger partial charge in [0.15, 0.2) is 0 Å². The first kappa shape index (κ1) is 23.4. The number of aryl methyl sites for hydroxylation is 2. The van der Waals surface area contributed by atoms with Gasteiger partial charge in [0.05, 0.1) is 11.9 Å². The van der Waals surface area contributed by atoms with Crippen LogP contribution in [-0.4, -0.2) is 26.6 Å². The Hall–Kier alpha value is -2.34. The molecule has 2 aromatic rings. The molecule has 0 heterocycles. The summed E-state index contributed by atoms with van der Waals surface area (Å²) in [6.45, 7) is 5.48. The van der Waals surface area contributed by atoms with Crippen molar-refractivity contribution in [3.63, 3.8) is 0 Å². The minimum absolute atomic E-state index is 0.320. The molecule has 1 atom stereocenters. The van der Waals surface area contributed by atoms with Crippen LogP contribution in [0.3, 0.4) is 0 Å². The van der Waals surface area contributed by atoms with Crippen molar-refractivity contribution in [3.05, 3.63) is 59.2 Å². The quantitative estimate of drug-likeness (QED) is 0.588. The highest BCUT2D eigenvalue weighted by Gasteiger charge is 2.51. The topological polar surface area (TPSA) is 66.5 Å². The van der Waals surface area contributed by atoms with Crippen molar-refractivity contribution in [2.45, 2.75) is 70.8 Å². The molecule has 6 heteroatoms. The van der Waals surface area contributed by atoms with Crippen LogP contribution in [0.1, 0.15) is 62.1 Å². The number of benzene rings is 2. The molecule has 5 nitrogen and oxygen atoms in total. The van der Waals surface area contributed by atoms with Gasteiger partial charge >= 0.3 is 0 Å². The van der Waals surface area contributed by atoms with Crippen molar-refractivity contribution in [2.24, 2.45) is 17.8 Å². The van der Waals surface area contributed by atoms with Crippen molar-refractivity contribution in [1.82, 2.24) is 0 Å². The maximum Gasteiger partial charge on any atom is 0.247 e. The first-order valence-corrected chi connectivity index (χ1v) is 14.4. The van der Waals surface area contributed by atoms with Gasteiger partial charge in [-0.15, -0.1) is 0 Å². The smallest absolute Gasteiger partial charge is 0.247 e. The SMILES string of the molecule is Cc1cc(C)cc(N([C@@H](C)C(=O)Nc2ccc(C34CC5CC(CC(C5)C3)C4)cc2)S(C)(=O)=O)c1. The lowest BCUT2D eigenvalue weighted by atomic mass is 9.48. The molecular weight excluding hydrogens is 444 g/mol. The fourth-order valence-corrected chi connectivity index (χ4v) is 8.66. The molecule has 34 heavy (non-hydrogen) atoms. The number of anilines is 2. The Labute approximate surface area is 204 Å². The lowest BCUT2D eigenvalue weighted by molar-refractivity contribution is -0.116. The van der Waals surface area contributed by atoms with Gasteiger partial charge < -0.3 is 5.32 Å². The van der Waals surface area contributed by atoms with E-state index in [0.717, 1.165) is 35.1 Å². The first-order valence-electron chi connectivity index (χ1n) is 12.5. The van der Waals surface area contributed by atoms with E-state index in [9.17, 15) is 13.2 Å². The largest absolute Gasteiger partial charge is 0.324 e. The van der Waals surface area contributed by atoms with E-state index in [1.807, 2.05) is 32.0 Å². The standard InChI is InChI=1S/C28H36N2O3S/c1-18-9-19(2)11-26(10-18)30(34(4,32)33)20(3)27(31)29-25-7-5-24(6-8-25)28-15-21-12-22(16-28)14-23(13-21)17-28/h5-11,20-23H,12-17H2,1-4H3,(H,29,31)/t20-,21?,22?,23?,28?/m0/s1. The highest BCUT2D eigenvalue weighted by molar-refractivity contribution is 7.92. The van der Waals surface area contributed by atoms with E-state index in [-0.39, 0.29) is 5.91 Å². The number of sulfonamides is 1. The third kappa shape index (κ3) is 4.37. The molecule has 1 N–H and O–H groups in total. The van der Waals surface area contributed by atoms with Crippen molar-refractivity contribution in [3.8, 4) is 0 Å². The molecule has 4 bridgehead atoms. The number of carbonyl (C=O) groups is 1. The Balaban J connectivity index is 1.33. The fourth-order valence-electron chi connectivity index (χ4n) is 7.50. The summed E-state index contributed by atoms with van der Waals surface area (Å²) >= 11 is 0. The molecule has 0 radical (unpaired) electrons. The van der Waals surface area contributed by atoms with E-state index in [1.165, 1.54) is 48.4 Å². The zero-order chi connectivity index (χ0) is 24.3. The Morgan fingerprint density at radius 1 is 0.941 bits per heavy atom. The second kappa shape index (κ2) is 8.40. The van der Waals surface area contributed by atoms with Gasteiger partial charge in [0, 0.05) is 5.69 Å². The lowest BCUT2D eigenvalue weighted by Crippen LogP contribution is -2.48. The van der Waals surface area contributed by atoms with E-state index in [2.05, 4.69) is 17.4 Å². The Kier molecular flexibility index (Phi) is 5.78. The molecule has 4 saturated carbocycles. The monoisotopic (exact) mass is 480 g/mol. The van der Waals surface area contributed by atoms with E-state index < -0.39 is 16.1 Å². The average Bonchev–Trinajstić information content (AvgIpc) is 2.71. The summed E-state index contributed by atoms with van der Waals surface area (Å²) in [5, 5.41) is 2.95. The molecule has 2 aromatic carbocycles. The van der Waals surface area contributed by atoms with Crippen LogP contribution in [0, 0.1) is 31.6 Å². The normalized spacial score (nSPS) is 28.5. The number of rotatable bonds is 6. The number of nitrogens with one attached hydrogen (secondary N) is 1. The van der Waals surface area contributed by atoms with Gasteiger partial charge in [-0.2, -0.15) is 0 Å².